The SMILES string of the molecule is NN1C=CNC=C1c1ccc(-c2ccc(C(F)(F)F)cc2C(=O)N2CCS(O)(O)CC2)cc1F. The number of hydrazine groups is 1. The Balaban J connectivity index is 1.74. The summed E-state index contributed by atoms with van der Waals surface area (Å²) in [5.41, 5.74) is -0.431. The van der Waals surface area contributed by atoms with E-state index in [0.29, 0.717) is 5.70 Å². The van der Waals surface area contributed by atoms with Crippen LogP contribution in [0.25, 0.3) is 16.8 Å². The van der Waals surface area contributed by atoms with Crippen LogP contribution in [-0.2, 0) is 6.18 Å². The fourth-order valence-corrected chi connectivity index (χ4v) is 4.99. The lowest BCUT2D eigenvalue weighted by atomic mass is 9.95. The number of hydrogen-bond acceptors (Lipinski definition) is 6. The lowest BCUT2D eigenvalue weighted by molar-refractivity contribution is -0.137. The first-order valence-corrected chi connectivity index (χ1v) is 12.1. The van der Waals surface area contributed by atoms with Crippen LogP contribution in [0.3, 0.4) is 0 Å². The van der Waals surface area contributed by atoms with Crippen molar-refractivity contribution in [1.29, 1.82) is 0 Å². The van der Waals surface area contributed by atoms with Gasteiger partial charge in [-0.15, -0.1) is 0 Å². The first kappa shape index (κ1) is 24.1. The maximum absolute atomic E-state index is 15.0. The molecule has 34 heavy (non-hydrogen) atoms. The standard InChI is InChI=1S/C22H22F4N4O3S/c23-19-11-14(1-3-17(19)20-13-28-5-6-30(20)27)16-4-2-15(22(24,25)26)12-18(16)21(31)29-7-9-34(32,33)10-8-29/h1-6,11-13,28,32-33H,7-10,27H2. The summed E-state index contributed by atoms with van der Waals surface area (Å²) >= 11 is 0. The number of nitrogens with two attached hydrogens (primary N) is 1. The number of alkyl halides is 3. The Hall–Kier alpha value is -3.06. The summed E-state index contributed by atoms with van der Waals surface area (Å²) in [4.78, 5) is 14.5. The average Bonchev–Trinajstić information content (AvgIpc) is 2.78. The van der Waals surface area contributed by atoms with Gasteiger partial charge in [-0.3, -0.25) is 18.9 Å². The van der Waals surface area contributed by atoms with Crippen molar-refractivity contribution in [3.05, 3.63) is 77.5 Å². The Bertz CT molecular complexity index is 1170. The van der Waals surface area contributed by atoms with Gasteiger partial charge in [-0.05, 0) is 35.4 Å². The van der Waals surface area contributed by atoms with E-state index >= 15 is 4.39 Å². The minimum absolute atomic E-state index is 0.00877. The molecule has 7 nitrogen and oxygen atoms in total. The largest absolute Gasteiger partial charge is 0.416 e. The zero-order valence-corrected chi connectivity index (χ0v) is 18.5. The van der Waals surface area contributed by atoms with Crippen LogP contribution >= 0.6 is 10.6 Å². The van der Waals surface area contributed by atoms with Crippen LogP contribution in [0, 0.1) is 5.82 Å². The van der Waals surface area contributed by atoms with Crippen LogP contribution in [0.15, 0.2) is 55.0 Å². The van der Waals surface area contributed by atoms with Crippen molar-refractivity contribution >= 4 is 22.2 Å². The van der Waals surface area contributed by atoms with E-state index in [2.05, 4.69) is 5.32 Å². The van der Waals surface area contributed by atoms with E-state index in [1.807, 2.05) is 0 Å². The predicted molar refractivity (Wildman–Crippen MR) is 122 cm³/mol. The second kappa shape index (κ2) is 8.95. The quantitative estimate of drug-likeness (QED) is 0.373. The predicted octanol–water partition coefficient (Wildman–Crippen LogP) is 4.27. The number of benzene rings is 2. The summed E-state index contributed by atoms with van der Waals surface area (Å²) in [6.45, 7) is -0.0175. The molecule has 2 aliphatic heterocycles. The molecule has 0 spiro atoms. The van der Waals surface area contributed by atoms with Gasteiger partial charge >= 0.3 is 6.18 Å². The van der Waals surface area contributed by atoms with Gasteiger partial charge in [0.25, 0.3) is 5.91 Å². The highest BCUT2D eigenvalue weighted by Crippen LogP contribution is 2.41. The molecule has 0 bridgehead atoms. The van der Waals surface area contributed by atoms with Gasteiger partial charge in [0.2, 0.25) is 0 Å². The maximum Gasteiger partial charge on any atom is 0.416 e. The monoisotopic (exact) mass is 498 g/mol. The lowest BCUT2D eigenvalue weighted by Crippen LogP contribution is -2.42. The Kier molecular flexibility index (Phi) is 6.34. The van der Waals surface area contributed by atoms with Crippen molar-refractivity contribution < 1.29 is 31.5 Å². The number of nitrogens with zero attached hydrogens (tertiary/aromatic N) is 2. The summed E-state index contributed by atoms with van der Waals surface area (Å²) in [5.74, 6) is 4.35. The van der Waals surface area contributed by atoms with Gasteiger partial charge in [0, 0.05) is 42.8 Å². The molecule has 0 aromatic heterocycles. The van der Waals surface area contributed by atoms with Gasteiger partial charge in [0.1, 0.15) is 5.82 Å². The summed E-state index contributed by atoms with van der Waals surface area (Å²) in [7, 11) is -2.80. The maximum atomic E-state index is 15.0. The van der Waals surface area contributed by atoms with E-state index in [4.69, 9.17) is 5.84 Å². The Labute approximate surface area is 194 Å². The van der Waals surface area contributed by atoms with Crippen molar-refractivity contribution in [1.82, 2.24) is 15.2 Å². The topological polar surface area (TPSA) is 102 Å². The highest BCUT2D eigenvalue weighted by atomic mass is 32.3. The molecule has 2 heterocycles. The zero-order valence-electron chi connectivity index (χ0n) is 17.7. The van der Waals surface area contributed by atoms with E-state index in [1.54, 1.807) is 6.20 Å². The number of carbonyl (C=O) groups is 1. The number of amides is 1. The molecule has 5 N–H and O–H groups in total. The van der Waals surface area contributed by atoms with E-state index < -0.39 is 34.1 Å². The molecule has 182 valence electrons. The average molecular weight is 499 g/mol. The highest BCUT2D eigenvalue weighted by Gasteiger charge is 2.34. The fourth-order valence-electron chi connectivity index (χ4n) is 3.76. The number of nitrogens with one attached hydrogen (secondary N) is 1. The van der Waals surface area contributed by atoms with Gasteiger partial charge in [-0.2, -0.15) is 23.8 Å². The molecule has 12 heteroatoms. The number of hydrogen-bond donors (Lipinski definition) is 4. The Morgan fingerprint density at radius 1 is 1.06 bits per heavy atom. The molecule has 0 saturated carbocycles. The summed E-state index contributed by atoms with van der Waals surface area (Å²) in [6.07, 6.45) is -0.150. The van der Waals surface area contributed by atoms with E-state index in [-0.39, 0.29) is 46.8 Å². The number of carbonyl (C=O) groups excluding carboxylic acids is 1. The van der Waals surface area contributed by atoms with Crippen molar-refractivity contribution in [2.75, 3.05) is 24.6 Å². The van der Waals surface area contributed by atoms with Crippen LogP contribution in [0.5, 0.6) is 0 Å². The lowest BCUT2D eigenvalue weighted by Gasteiger charge is -2.41. The van der Waals surface area contributed by atoms with Gasteiger partial charge in [0.05, 0.1) is 22.8 Å². The van der Waals surface area contributed by atoms with E-state index in [1.165, 1.54) is 34.4 Å². The van der Waals surface area contributed by atoms with Crippen LogP contribution in [0.1, 0.15) is 21.5 Å². The molecule has 4 rings (SSSR count). The molecule has 1 saturated heterocycles. The number of rotatable bonds is 3. The third-order valence-electron chi connectivity index (χ3n) is 5.63. The van der Waals surface area contributed by atoms with Crippen LogP contribution in [0.4, 0.5) is 17.6 Å². The summed E-state index contributed by atoms with van der Waals surface area (Å²) < 4.78 is 74.8. The molecule has 2 aromatic rings. The molecule has 2 aromatic carbocycles. The van der Waals surface area contributed by atoms with Crippen molar-refractivity contribution in [2.24, 2.45) is 5.84 Å². The second-order valence-corrected chi connectivity index (χ2v) is 10.3. The molecule has 2 aliphatic rings. The van der Waals surface area contributed by atoms with Crippen molar-refractivity contribution in [3.63, 3.8) is 0 Å². The third kappa shape index (κ3) is 4.89. The normalized spacial score (nSPS) is 18.9. The molecule has 0 unspecified atom stereocenters. The molecule has 0 radical (unpaired) electrons. The van der Waals surface area contributed by atoms with Crippen LogP contribution in [0.2, 0.25) is 0 Å². The molecule has 0 aliphatic carbocycles. The number of halogens is 4. The fraction of sp³-hybridized carbons (Fsp3) is 0.227. The first-order valence-electron chi connectivity index (χ1n) is 10.2. The third-order valence-corrected chi connectivity index (χ3v) is 7.30. The van der Waals surface area contributed by atoms with Crippen LogP contribution in [-0.4, -0.2) is 49.5 Å². The van der Waals surface area contributed by atoms with Gasteiger partial charge < -0.3 is 10.2 Å². The molecule has 1 fully saturated rings. The minimum Gasteiger partial charge on any atom is -0.364 e. The minimum atomic E-state index is -4.68. The molecular formula is C22H22F4N4O3S. The van der Waals surface area contributed by atoms with Gasteiger partial charge in [0.15, 0.2) is 0 Å². The molecule has 0 atom stereocenters. The smallest absolute Gasteiger partial charge is 0.364 e. The molecule has 1 amide bonds. The van der Waals surface area contributed by atoms with E-state index in [0.717, 1.165) is 24.3 Å². The summed E-state index contributed by atoms with van der Waals surface area (Å²) in [5, 5.41) is 4.01. The summed E-state index contributed by atoms with van der Waals surface area (Å²) in [6, 6.07) is 6.79. The molecular weight excluding hydrogens is 476 g/mol. The Morgan fingerprint density at radius 2 is 1.74 bits per heavy atom. The second-order valence-electron chi connectivity index (χ2n) is 7.87. The van der Waals surface area contributed by atoms with E-state index in [9.17, 15) is 27.1 Å². The van der Waals surface area contributed by atoms with Gasteiger partial charge in [-0.1, -0.05) is 12.1 Å². The van der Waals surface area contributed by atoms with Crippen LogP contribution < -0.4 is 11.2 Å². The first-order chi connectivity index (χ1) is 16.0. The Morgan fingerprint density at radius 3 is 2.35 bits per heavy atom. The van der Waals surface area contributed by atoms with Crippen molar-refractivity contribution in [3.8, 4) is 11.1 Å². The van der Waals surface area contributed by atoms with Gasteiger partial charge in [-0.25, -0.2) is 10.2 Å². The highest BCUT2D eigenvalue weighted by molar-refractivity contribution is 8.24. The van der Waals surface area contributed by atoms with Crippen molar-refractivity contribution in [2.45, 2.75) is 6.18 Å². The zero-order chi connectivity index (χ0) is 24.7.